The number of ether oxygens (including phenoxy) is 1. The first kappa shape index (κ1) is 14.4. The molecule has 1 aliphatic rings. The van der Waals surface area contributed by atoms with Crippen molar-refractivity contribution in [2.75, 3.05) is 33.4 Å². The van der Waals surface area contributed by atoms with E-state index in [-0.39, 0.29) is 11.9 Å². The molecular weight excluding hydrogens is 243 g/mol. The second-order valence-corrected chi connectivity index (χ2v) is 5.46. The maximum absolute atomic E-state index is 12.9. The highest BCUT2D eigenvalue weighted by atomic mass is 19.1. The highest BCUT2D eigenvalue weighted by Crippen LogP contribution is 2.16. The van der Waals surface area contributed by atoms with E-state index in [2.05, 4.69) is 11.9 Å². The molecule has 0 spiro atoms. The maximum Gasteiger partial charge on any atom is 0.123 e. The molecule has 3 nitrogen and oxygen atoms in total. The Kier molecular flexibility index (Phi) is 5.31. The zero-order valence-electron chi connectivity index (χ0n) is 11.5. The molecule has 1 aliphatic heterocycles. The fourth-order valence-electron chi connectivity index (χ4n) is 2.62. The van der Waals surface area contributed by atoms with Crippen molar-refractivity contribution in [1.29, 1.82) is 0 Å². The van der Waals surface area contributed by atoms with Gasteiger partial charge in [0.15, 0.2) is 0 Å². The van der Waals surface area contributed by atoms with Crippen LogP contribution in [0, 0.1) is 11.7 Å². The van der Waals surface area contributed by atoms with Gasteiger partial charge in [0.25, 0.3) is 0 Å². The molecule has 0 aromatic heterocycles. The lowest BCUT2D eigenvalue weighted by Gasteiger charge is -2.28. The van der Waals surface area contributed by atoms with E-state index in [1.165, 1.54) is 18.6 Å². The third kappa shape index (κ3) is 4.56. The molecule has 19 heavy (non-hydrogen) atoms. The van der Waals surface area contributed by atoms with Crippen LogP contribution in [0.25, 0.3) is 0 Å². The van der Waals surface area contributed by atoms with Crippen LogP contribution in [0.3, 0.4) is 0 Å². The van der Waals surface area contributed by atoms with E-state index < -0.39 is 0 Å². The third-order valence-electron chi connectivity index (χ3n) is 3.63. The second kappa shape index (κ2) is 6.98. The maximum atomic E-state index is 12.9. The molecule has 1 fully saturated rings. The van der Waals surface area contributed by atoms with Crippen LogP contribution in [0.5, 0.6) is 0 Å². The Hall–Kier alpha value is -0.970. The van der Waals surface area contributed by atoms with Gasteiger partial charge in [0.05, 0.1) is 6.61 Å². The number of benzene rings is 1. The molecule has 2 unspecified atom stereocenters. The van der Waals surface area contributed by atoms with E-state index >= 15 is 0 Å². The molecule has 1 heterocycles. The predicted molar refractivity (Wildman–Crippen MR) is 74.4 cm³/mol. The van der Waals surface area contributed by atoms with E-state index in [1.807, 2.05) is 0 Å². The number of nitrogens with zero attached hydrogens (tertiary/aromatic N) is 1. The molecular formula is C15H23FN2O. The standard InChI is InChI=1S/C15H23FN2O/c1-18(9-12-3-2-8-19-11-12)10-15(17)13-4-6-14(16)7-5-13/h4-7,12,15H,2-3,8-11,17H2,1H3. The highest BCUT2D eigenvalue weighted by molar-refractivity contribution is 5.19. The van der Waals surface area contributed by atoms with Crippen LogP contribution in [0.4, 0.5) is 4.39 Å². The molecule has 2 N–H and O–H groups in total. The molecule has 2 rings (SSSR count). The molecule has 0 saturated carbocycles. The van der Waals surface area contributed by atoms with E-state index in [0.717, 1.165) is 38.3 Å². The summed E-state index contributed by atoms with van der Waals surface area (Å²) < 4.78 is 18.3. The summed E-state index contributed by atoms with van der Waals surface area (Å²) in [6.45, 7) is 3.54. The van der Waals surface area contributed by atoms with Gasteiger partial charge in [-0.3, -0.25) is 0 Å². The van der Waals surface area contributed by atoms with Gasteiger partial charge in [-0.05, 0) is 43.5 Å². The molecule has 2 atom stereocenters. The largest absolute Gasteiger partial charge is 0.381 e. The quantitative estimate of drug-likeness (QED) is 0.888. The van der Waals surface area contributed by atoms with Gasteiger partial charge < -0.3 is 15.4 Å². The van der Waals surface area contributed by atoms with Crippen LogP contribution in [0.15, 0.2) is 24.3 Å². The van der Waals surface area contributed by atoms with Crippen molar-refractivity contribution >= 4 is 0 Å². The second-order valence-electron chi connectivity index (χ2n) is 5.46. The van der Waals surface area contributed by atoms with Gasteiger partial charge in [-0.25, -0.2) is 4.39 Å². The lowest BCUT2D eigenvalue weighted by molar-refractivity contribution is 0.0414. The van der Waals surface area contributed by atoms with Crippen LogP contribution in [-0.2, 0) is 4.74 Å². The molecule has 1 aromatic rings. The number of likely N-dealkylation sites (N-methyl/N-ethyl adjacent to an activating group) is 1. The van der Waals surface area contributed by atoms with E-state index in [0.29, 0.717) is 5.92 Å². The molecule has 0 radical (unpaired) electrons. The number of hydrogen-bond acceptors (Lipinski definition) is 3. The van der Waals surface area contributed by atoms with Crippen LogP contribution in [0.1, 0.15) is 24.4 Å². The van der Waals surface area contributed by atoms with Gasteiger partial charge in [-0.2, -0.15) is 0 Å². The van der Waals surface area contributed by atoms with Crippen molar-refractivity contribution in [3.8, 4) is 0 Å². The van der Waals surface area contributed by atoms with E-state index in [4.69, 9.17) is 10.5 Å². The first-order chi connectivity index (χ1) is 9.15. The van der Waals surface area contributed by atoms with Crippen molar-refractivity contribution < 1.29 is 9.13 Å². The Labute approximate surface area is 114 Å². The van der Waals surface area contributed by atoms with Gasteiger partial charge in [-0.1, -0.05) is 12.1 Å². The van der Waals surface area contributed by atoms with Crippen LogP contribution in [-0.4, -0.2) is 38.3 Å². The molecule has 106 valence electrons. The van der Waals surface area contributed by atoms with Crippen molar-refractivity contribution in [1.82, 2.24) is 4.90 Å². The molecule has 4 heteroatoms. The fraction of sp³-hybridized carbons (Fsp3) is 0.600. The normalized spacial score (nSPS) is 21.6. The summed E-state index contributed by atoms with van der Waals surface area (Å²) in [4.78, 5) is 2.24. The molecule has 0 bridgehead atoms. The minimum atomic E-state index is -0.219. The Morgan fingerprint density at radius 3 is 2.79 bits per heavy atom. The summed E-state index contributed by atoms with van der Waals surface area (Å²) in [5, 5.41) is 0. The van der Waals surface area contributed by atoms with Crippen LogP contribution < -0.4 is 5.73 Å². The first-order valence-corrected chi connectivity index (χ1v) is 6.92. The SMILES string of the molecule is CN(CC1CCCOC1)CC(N)c1ccc(F)cc1. The number of nitrogens with two attached hydrogens (primary N) is 1. The van der Waals surface area contributed by atoms with E-state index in [9.17, 15) is 4.39 Å². The predicted octanol–water partition coefficient (Wildman–Crippen LogP) is 2.18. The summed E-state index contributed by atoms with van der Waals surface area (Å²) in [6.07, 6.45) is 2.39. The molecule has 1 saturated heterocycles. The van der Waals surface area contributed by atoms with Crippen molar-refractivity contribution in [3.05, 3.63) is 35.6 Å². The Morgan fingerprint density at radius 2 is 2.16 bits per heavy atom. The Balaban J connectivity index is 1.80. The first-order valence-electron chi connectivity index (χ1n) is 6.92. The van der Waals surface area contributed by atoms with E-state index in [1.54, 1.807) is 12.1 Å². The minimum Gasteiger partial charge on any atom is -0.381 e. The van der Waals surface area contributed by atoms with Crippen molar-refractivity contribution in [2.45, 2.75) is 18.9 Å². The van der Waals surface area contributed by atoms with Crippen LogP contribution >= 0.6 is 0 Å². The monoisotopic (exact) mass is 266 g/mol. The van der Waals surface area contributed by atoms with Gasteiger partial charge >= 0.3 is 0 Å². The number of rotatable bonds is 5. The number of halogens is 1. The van der Waals surface area contributed by atoms with Crippen molar-refractivity contribution in [2.24, 2.45) is 11.7 Å². The molecule has 0 amide bonds. The zero-order chi connectivity index (χ0) is 13.7. The lowest BCUT2D eigenvalue weighted by atomic mass is 10.0. The van der Waals surface area contributed by atoms with Gasteiger partial charge in [0.1, 0.15) is 5.82 Å². The third-order valence-corrected chi connectivity index (χ3v) is 3.63. The Morgan fingerprint density at radius 1 is 1.42 bits per heavy atom. The average Bonchev–Trinajstić information content (AvgIpc) is 2.40. The number of hydrogen-bond donors (Lipinski definition) is 1. The minimum absolute atomic E-state index is 0.0740. The topological polar surface area (TPSA) is 38.5 Å². The molecule has 1 aromatic carbocycles. The zero-order valence-corrected chi connectivity index (χ0v) is 11.5. The average molecular weight is 266 g/mol. The smallest absolute Gasteiger partial charge is 0.123 e. The van der Waals surface area contributed by atoms with Gasteiger partial charge in [0.2, 0.25) is 0 Å². The van der Waals surface area contributed by atoms with Gasteiger partial charge in [-0.15, -0.1) is 0 Å². The van der Waals surface area contributed by atoms with Gasteiger partial charge in [0, 0.05) is 25.7 Å². The Bertz CT molecular complexity index is 376. The summed E-state index contributed by atoms with van der Waals surface area (Å²) in [7, 11) is 2.08. The summed E-state index contributed by atoms with van der Waals surface area (Å²) in [6, 6.07) is 6.37. The summed E-state index contributed by atoms with van der Waals surface area (Å²) >= 11 is 0. The van der Waals surface area contributed by atoms with Crippen molar-refractivity contribution in [3.63, 3.8) is 0 Å². The molecule has 0 aliphatic carbocycles. The summed E-state index contributed by atoms with van der Waals surface area (Å²) in [5.41, 5.74) is 7.14. The lowest BCUT2D eigenvalue weighted by Crippen LogP contribution is -2.35. The highest BCUT2D eigenvalue weighted by Gasteiger charge is 2.17. The summed E-state index contributed by atoms with van der Waals surface area (Å²) in [5.74, 6) is 0.392. The fourth-order valence-corrected chi connectivity index (χ4v) is 2.62. The van der Waals surface area contributed by atoms with Crippen LogP contribution in [0.2, 0.25) is 0 Å².